The lowest BCUT2D eigenvalue weighted by atomic mass is 10.2. The Balaban J connectivity index is 1.72. The first-order valence-corrected chi connectivity index (χ1v) is 8.35. The first kappa shape index (κ1) is 17.9. The molecule has 0 atom stereocenters. The highest BCUT2D eigenvalue weighted by Gasteiger charge is 2.09. The fourth-order valence-corrected chi connectivity index (χ4v) is 2.60. The molecule has 0 aliphatic rings. The summed E-state index contributed by atoms with van der Waals surface area (Å²) >= 11 is 1.34. The summed E-state index contributed by atoms with van der Waals surface area (Å²) in [5.41, 5.74) is 1.67. The Morgan fingerprint density at radius 2 is 1.79 bits per heavy atom. The van der Waals surface area contributed by atoms with E-state index < -0.39 is 5.97 Å². The van der Waals surface area contributed by atoms with E-state index in [0.29, 0.717) is 5.69 Å². The number of hydrogen-bond donors (Lipinski definition) is 1. The van der Waals surface area contributed by atoms with Crippen molar-refractivity contribution in [1.29, 1.82) is 0 Å². The minimum absolute atomic E-state index is 0.143. The number of anilines is 1. The van der Waals surface area contributed by atoms with E-state index in [1.165, 1.54) is 11.8 Å². The maximum absolute atomic E-state index is 11.8. The number of amides is 1. The van der Waals surface area contributed by atoms with Crippen LogP contribution in [0.25, 0.3) is 0 Å². The van der Waals surface area contributed by atoms with Gasteiger partial charge in [-0.05, 0) is 42.8 Å². The number of ether oxygens (including phenoxy) is 2. The highest BCUT2D eigenvalue weighted by atomic mass is 32.2. The predicted molar refractivity (Wildman–Crippen MR) is 94.5 cm³/mol. The van der Waals surface area contributed by atoms with E-state index in [1.807, 2.05) is 49.4 Å². The minimum atomic E-state index is -0.434. The van der Waals surface area contributed by atoms with Crippen molar-refractivity contribution in [1.82, 2.24) is 0 Å². The quantitative estimate of drug-likeness (QED) is 0.616. The van der Waals surface area contributed by atoms with E-state index in [0.717, 1.165) is 16.2 Å². The van der Waals surface area contributed by atoms with Gasteiger partial charge in [0.25, 0.3) is 5.91 Å². The zero-order chi connectivity index (χ0) is 17.4. The van der Waals surface area contributed by atoms with E-state index in [4.69, 9.17) is 9.47 Å². The second kappa shape index (κ2) is 8.98. The number of aryl methyl sites for hydroxylation is 1. The molecule has 0 saturated heterocycles. The Morgan fingerprint density at radius 1 is 1.08 bits per heavy atom. The van der Waals surface area contributed by atoms with Gasteiger partial charge in [-0.2, -0.15) is 0 Å². The standard InChI is InChI=1S/C18H19NO4S/c1-13-5-3-4-6-16(13)19-17(20)11-23-18(21)12-24-15-9-7-14(22-2)8-10-15/h3-10H,11-12H2,1-2H3,(H,19,20). The van der Waals surface area contributed by atoms with E-state index in [1.54, 1.807) is 13.2 Å². The molecule has 126 valence electrons. The second-order valence-electron chi connectivity index (χ2n) is 4.99. The van der Waals surface area contributed by atoms with Crippen LogP contribution in [0.5, 0.6) is 5.75 Å². The third-order valence-electron chi connectivity index (χ3n) is 3.20. The summed E-state index contributed by atoms with van der Waals surface area (Å²) in [7, 11) is 1.60. The molecule has 0 radical (unpaired) electrons. The largest absolute Gasteiger partial charge is 0.497 e. The molecule has 0 aromatic heterocycles. The normalized spacial score (nSPS) is 10.1. The molecule has 2 aromatic rings. The van der Waals surface area contributed by atoms with Gasteiger partial charge in [0.1, 0.15) is 5.75 Å². The minimum Gasteiger partial charge on any atom is -0.497 e. The molecular weight excluding hydrogens is 326 g/mol. The van der Waals surface area contributed by atoms with Crippen LogP contribution in [-0.4, -0.2) is 31.3 Å². The molecule has 24 heavy (non-hydrogen) atoms. The summed E-state index contributed by atoms with van der Waals surface area (Å²) < 4.78 is 10.1. The van der Waals surface area contributed by atoms with Crippen LogP contribution in [0.15, 0.2) is 53.4 Å². The zero-order valence-corrected chi connectivity index (χ0v) is 14.4. The van der Waals surface area contributed by atoms with Crippen molar-refractivity contribution < 1.29 is 19.1 Å². The lowest BCUT2D eigenvalue weighted by molar-refractivity contribution is -0.144. The molecule has 2 rings (SSSR count). The highest BCUT2D eigenvalue weighted by molar-refractivity contribution is 8.00. The molecule has 5 nitrogen and oxygen atoms in total. The first-order chi connectivity index (χ1) is 11.6. The van der Waals surface area contributed by atoms with Gasteiger partial charge in [-0.15, -0.1) is 11.8 Å². The number of nitrogens with one attached hydrogen (secondary N) is 1. The van der Waals surface area contributed by atoms with E-state index >= 15 is 0 Å². The number of carbonyl (C=O) groups is 2. The Morgan fingerprint density at radius 3 is 2.46 bits per heavy atom. The number of thioether (sulfide) groups is 1. The number of esters is 1. The van der Waals surface area contributed by atoms with E-state index in [-0.39, 0.29) is 18.3 Å². The topological polar surface area (TPSA) is 64.6 Å². The average molecular weight is 345 g/mol. The zero-order valence-electron chi connectivity index (χ0n) is 13.6. The average Bonchev–Trinajstić information content (AvgIpc) is 2.60. The molecule has 0 aliphatic carbocycles. The van der Waals surface area contributed by atoms with Crippen molar-refractivity contribution in [2.45, 2.75) is 11.8 Å². The SMILES string of the molecule is COc1ccc(SCC(=O)OCC(=O)Nc2ccccc2C)cc1. The van der Waals surface area contributed by atoms with Crippen LogP contribution in [0.4, 0.5) is 5.69 Å². The molecule has 0 unspecified atom stereocenters. The van der Waals surface area contributed by atoms with Gasteiger partial charge in [0.2, 0.25) is 0 Å². The van der Waals surface area contributed by atoms with Crippen LogP contribution < -0.4 is 10.1 Å². The molecule has 1 N–H and O–H groups in total. The lowest BCUT2D eigenvalue weighted by Gasteiger charge is -2.08. The number of para-hydroxylation sites is 1. The molecule has 0 spiro atoms. The molecule has 0 fully saturated rings. The van der Waals surface area contributed by atoms with Gasteiger partial charge in [0.05, 0.1) is 12.9 Å². The monoisotopic (exact) mass is 345 g/mol. The summed E-state index contributed by atoms with van der Waals surface area (Å²) in [5, 5.41) is 2.72. The maximum atomic E-state index is 11.8. The Hall–Kier alpha value is -2.47. The Bertz CT molecular complexity index is 700. The van der Waals surface area contributed by atoms with Gasteiger partial charge in [0, 0.05) is 10.6 Å². The molecule has 0 saturated carbocycles. The van der Waals surface area contributed by atoms with Crippen molar-refractivity contribution in [2.75, 3.05) is 24.8 Å². The Kier molecular flexibility index (Phi) is 6.69. The van der Waals surface area contributed by atoms with Crippen LogP contribution in [0.2, 0.25) is 0 Å². The van der Waals surface area contributed by atoms with Crippen molar-refractivity contribution in [3.05, 3.63) is 54.1 Å². The van der Waals surface area contributed by atoms with Crippen LogP contribution in [0.1, 0.15) is 5.56 Å². The molecular formula is C18H19NO4S. The molecule has 2 aromatic carbocycles. The van der Waals surface area contributed by atoms with Crippen molar-refractivity contribution in [3.8, 4) is 5.75 Å². The number of methoxy groups -OCH3 is 1. The van der Waals surface area contributed by atoms with Gasteiger partial charge in [-0.25, -0.2) is 0 Å². The Labute approximate surface area is 145 Å². The number of hydrogen-bond acceptors (Lipinski definition) is 5. The fraction of sp³-hybridized carbons (Fsp3) is 0.222. The number of benzene rings is 2. The lowest BCUT2D eigenvalue weighted by Crippen LogP contribution is -2.22. The maximum Gasteiger partial charge on any atom is 0.316 e. The van der Waals surface area contributed by atoms with Crippen LogP contribution in [0, 0.1) is 6.92 Å². The third-order valence-corrected chi connectivity index (χ3v) is 4.19. The fourth-order valence-electron chi connectivity index (χ4n) is 1.90. The molecule has 6 heteroatoms. The van der Waals surface area contributed by atoms with Crippen LogP contribution in [0.3, 0.4) is 0 Å². The molecule has 0 aliphatic heterocycles. The van der Waals surface area contributed by atoms with Crippen molar-refractivity contribution >= 4 is 29.3 Å². The van der Waals surface area contributed by atoms with Crippen LogP contribution >= 0.6 is 11.8 Å². The van der Waals surface area contributed by atoms with Crippen molar-refractivity contribution in [3.63, 3.8) is 0 Å². The predicted octanol–water partition coefficient (Wildman–Crippen LogP) is 3.28. The summed E-state index contributed by atoms with van der Waals surface area (Å²) in [5.74, 6) is 0.113. The summed E-state index contributed by atoms with van der Waals surface area (Å²) in [6.45, 7) is 1.60. The second-order valence-corrected chi connectivity index (χ2v) is 6.04. The van der Waals surface area contributed by atoms with Gasteiger partial charge in [-0.1, -0.05) is 18.2 Å². The van der Waals surface area contributed by atoms with Gasteiger partial charge in [-0.3, -0.25) is 9.59 Å². The van der Waals surface area contributed by atoms with Crippen LogP contribution in [-0.2, 0) is 14.3 Å². The smallest absolute Gasteiger partial charge is 0.316 e. The summed E-state index contributed by atoms with van der Waals surface area (Å²) in [6.07, 6.45) is 0. The highest BCUT2D eigenvalue weighted by Crippen LogP contribution is 2.21. The third kappa shape index (κ3) is 5.62. The van der Waals surface area contributed by atoms with Gasteiger partial charge < -0.3 is 14.8 Å². The number of rotatable bonds is 7. The molecule has 0 bridgehead atoms. The summed E-state index contributed by atoms with van der Waals surface area (Å²) in [6, 6.07) is 14.8. The summed E-state index contributed by atoms with van der Waals surface area (Å²) in [4.78, 5) is 24.4. The molecule has 1 amide bonds. The van der Waals surface area contributed by atoms with Gasteiger partial charge in [0.15, 0.2) is 6.61 Å². The van der Waals surface area contributed by atoms with Gasteiger partial charge >= 0.3 is 5.97 Å². The number of carbonyl (C=O) groups excluding carboxylic acids is 2. The van der Waals surface area contributed by atoms with E-state index in [2.05, 4.69) is 5.32 Å². The first-order valence-electron chi connectivity index (χ1n) is 7.36. The van der Waals surface area contributed by atoms with Crippen molar-refractivity contribution in [2.24, 2.45) is 0 Å². The molecule has 0 heterocycles. The van der Waals surface area contributed by atoms with E-state index in [9.17, 15) is 9.59 Å².